The lowest BCUT2D eigenvalue weighted by molar-refractivity contribution is 1.01. The van der Waals surface area contributed by atoms with Crippen molar-refractivity contribution in [1.82, 2.24) is 19.9 Å². The van der Waals surface area contributed by atoms with E-state index in [2.05, 4.69) is 37.4 Å². The zero-order valence-electron chi connectivity index (χ0n) is 10.3. The van der Waals surface area contributed by atoms with Crippen LogP contribution in [0.25, 0.3) is 11.2 Å². The standard InChI is InChI=1S/C13H14N6/c14-13-18-11(10-12(19-13)17-8-16-10)15-7-6-9-4-2-1-3-5-9/h1-5,8H,6-7H2,(H4,14,15,16,17,18,19). The summed E-state index contributed by atoms with van der Waals surface area (Å²) in [4.78, 5) is 15.4. The minimum absolute atomic E-state index is 0.235. The Kier molecular flexibility index (Phi) is 2.97. The summed E-state index contributed by atoms with van der Waals surface area (Å²) in [5.74, 6) is 0.902. The summed E-state index contributed by atoms with van der Waals surface area (Å²) in [6.07, 6.45) is 2.50. The Bertz CT molecular complexity index is 676. The molecule has 0 aliphatic rings. The summed E-state index contributed by atoms with van der Waals surface area (Å²) in [6, 6.07) is 10.3. The second kappa shape index (κ2) is 4.93. The highest BCUT2D eigenvalue weighted by molar-refractivity contribution is 5.83. The van der Waals surface area contributed by atoms with E-state index in [1.165, 1.54) is 5.56 Å². The molecule has 6 heteroatoms. The van der Waals surface area contributed by atoms with E-state index in [0.717, 1.165) is 13.0 Å². The largest absolute Gasteiger partial charge is 0.368 e. The Morgan fingerprint density at radius 3 is 2.84 bits per heavy atom. The fourth-order valence-electron chi connectivity index (χ4n) is 1.95. The van der Waals surface area contributed by atoms with Gasteiger partial charge < -0.3 is 16.0 Å². The first-order valence-electron chi connectivity index (χ1n) is 6.07. The summed E-state index contributed by atoms with van der Waals surface area (Å²) in [7, 11) is 0. The number of aromatic amines is 1. The van der Waals surface area contributed by atoms with Gasteiger partial charge in [-0.1, -0.05) is 30.3 Å². The van der Waals surface area contributed by atoms with Crippen LogP contribution in [0.3, 0.4) is 0 Å². The van der Waals surface area contributed by atoms with Crippen molar-refractivity contribution in [1.29, 1.82) is 0 Å². The van der Waals surface area contributed by atoms with Gasteiger partial charge in [-0.15, -0.1) is 0 Å². The van der Waals surface area contributed by atoms with Crippen molar-refractivity contribution in [2.24, 2.45) is 0 Å². The summed E-state index contributed by atoms with van der Waals surface area (Å²) in [5.41, 5.74) is 8.29. The molecule has 0 aliphatic carbocycles. The topological polar surface area (TPSA) is 92.5 Å². The van der Waals surface area contributed by atoms with Gasteiger partial charge in [0.05, 0.1) is 6.33 Å². The van der Waals surface area contributed by atoms with Crippen molar-refractivity contribution >= 4 is 22.9 Å². The lowest BCUT2D eigenvalue weighted by atomic mass is 10.1. The molecule has 0 bridgehead atoms. The molecule has 96 valence electrons. The molecule has 4 N–H and O–H groups in total. The van der Waals surface area contributed by atoms with Crippen molar-refractivity contribution in [3.8, 4) is 0 Å². The average molecular weight is 254 g/mol. The Morgan fingerprint density at radius 2 is 2.00 bits per heavy atom. The Morgan fingerprint density at radius 1 is 1.16 bits per heavy atom. The minimum Gasteiger partial charge on any atom is -0.368 e. The number of nitrogens with two attached hydrogens (primary N) is 1. The Hall–Kier alpha value is -2.63. The molecule has 3 rings (SSSR count). The van der Waals surface area contributed by atoms with Gasteiger partial charge in [0.1, 0.15) is 5.52 Å². The number of benzene rings is 1. The van der Waals surface area contributed by atoms with Gasteiger partial charge in [-0.2, -0.15) is 9.97 Å². The molecule has 0 fully saturated rings. The molecule has 0 amide bonds. The van der Waals surface area contributed by atoms with E-state index in [9.17, 15) is 0 Å². The van der Waals surface area contributed by atoms with Crippen LogP contribution in [-0.4, -0.2) is 26.5 Å². The molecule has 2 heterocycles. The summed E-state index contributed by atoms with van der Waals surface area (Å²) in [5, 5.41) is 3.25. The third-order valence-electron chi connectivity index (χ3n) is 2.85. The number of hydrogen-bond donors (Lipinski definition) is 3. The SMILES string of the molecule is Nc1nc(NCCc2ccccc2)c2nc[nH]c2n1. The normalized spacial score (nSPS) is 10.7. The molecular weight excluding hydrogens is 240 g/mol. The van der Waals surface area contributed by atoms with Crippen molar-refractivity contribution in [3.63, 3.8) is 0 Å². The highest BCUT2D eigenvalue weighted by atomic mass is 15.1. The predicted octanol–water partition coefficient (Wildman–Crippen LogP) is 1.59. The fourth-order valence-corrected chi connectivity index (χ4v) is 1.95. The molecule has 0 radical (unpaired) electrons. The lowest BCUT2D eigenvalue weighted by Crippen LogP contribution is -2.08. The van der Waals surface area contributed by atoms with Gasteiger partial charge in [-0.05, 0) is 12.0 Å². The van der Waals surface area contributed by atoms with Crippen LogP contribution in [0.5, 0.6) is 0 Å². The van der Waals surface area contributed by atoms with E-state index in [-0.39, 0.29) is 5.95 Å². The van der Waals surface area contributed by atoms with E-state index in [4.69, 9.17) is 5.73 Å². The molecule has 0 atom stereocenters. The van der Waals surface area contributed by atoms with Crippen LogP contribution in [0.1, 0.15) is 5.56 Å². The van der Waals surface area contributed by atoms with Gasteiger partial charge in [-0.25, -0.2) is 4.98 Å². The number of anilines is 2. The number of hydrogen-bond acceptors (Lipinski definition) is 5. The maximum atomic E-state index is 5.66. The van der Waals surface area contributed by atoms with Gasteiger partial charge in [0.2, 0.25) is 5.95 Å². The highest BCUT2D eigenvalue weighted by Crippen LogP contribution is 2.17. The van der Waals surface area contributed by atoms with Crippen molar-refractivity contribution in [2.45, 2.75) is 6.42 Å². The number of H-pyrrole nitrogens is 1. The van der Waals surface area contributed by atoms with Crippen molar-refractivity contribution in [2.75, 3.05) is 17.6 Å². The van der Waals surface area contributed by atoms with Crippen molar-refractivity contribution < 1.29 is 0 Å². The number of rotatable bonds is 4. The summed E-state index contributed by atoms with van der Waals surface area (Å²) < 4.78 is 0. The molecule has 0 unspecified atom stereocenters. The number of nitrogens with one attached hydrogen (secondary N) is 2. The van der Waals surface area contributed by atoms with Gasteiger partial charge in [-0.3, -0.25) is 0 Å². The van der Waals surface area contributed by atoms with Gasteiger partial charge in [0.15, 0.2) is 11.5 Å². The monoisotopic (exact) mass is 254 g/mol. The number of aromatic nitrogens is 4. The van der Waals surface area contributed by atoms with E-state index in [1.54, 1.807) is 6.33 Å². The van der Waals surface area contributed by atoms with E-state index >= 15 is 0 Å². The number of fused-ring (bicyclic) bond motifs is 1. The maximum Gasteiger partial charge on any atom is 0.224 e. The smallest absolute Gasteiger partial charge is 0.224 e. The first-order chi connectivity index (χ1) is 9.33. The Labute approximate surface area is 110 Å². The molecule has 0 saturated carbocycles. The predicted molar refractivity (Wildman–Crippen MR) is 74.7 cm³/mol. The first-order valence-corrected chi connectivity index (χ1v) is 6.07. The molecule has 3 aromatic rings. The second-order valence-corrected chi connectivity index (χ2v) is 4.19. The molecule has 0 aliphatic heterocycles. The Balaban J connectivity index is 1.73. The zero-order valence-corrected chi connectivity index (χ0v) is 10.3. The van der Waals surface area contributed by atoms with E-state index in [1.807, 2.05) is 18.2 Å². The third kappa shape index (κ3) is 2.47. The van der Waals surface area contributed by atoms with Gasteiger partial charge in [0, 0.05) is 6.54 Å². The lowest BCUT2D eigenvalue weighted by Gasteiger charge is -2.06. The molecule has 0 saturated heterocycles. The highest BCUT2D eigenvalue weighted by Gasteiger charge is 2.07. The van der Waals surface area contributed by atoms with Crippen LogP contribution in [0.4, 0.5) is 11.8 Å². The first kappa shape index (κ1) is 11.5. The number of imidazole rings is 1. The maximum absolute atomic E-state index is 5.66. The van der Waals surface area contributed by atoms with E-state index in [0.29, 0.717) is 17.0 Å². The fraction of sp³-hybridized carbons (Fsp3) is 0.154. The van der Waals surface area contributed by atoms with Gasteiger partial charge >= 0.3 is 0 Å². The number of nitrogens with zero attached hydrogens (tertiary/aromatic N) is 3. The molecule has 19 heavy (non-hydrogen) atoms. The zero-order chi connectivity index (χ0) is 13.1. The van der Waals surface area contributed by atoms with E-state index < -0.39 is 0 Å². The minimum atomic E-state index is 0.235. The van der Waals surface area contributed by atoms with Crippen LogP contribution in [0.15, 0.2) is 36.7 Å². The van der Waals surface area contributed by atoms with Crippen LogP contribution in [0, 0.1) is 0 Å². The second-order valence-electron chi connectivity index (χ2n) is 4.19. The summed E-state index contributed by atoms with van der Waals surface area (Å²) in [6.45, 7) is 0.766. The van der Waals surface area contributed by atoms with Crippen LogP contribution < -0.4 is 11.1 Å². The number of nitrogen functional groups attached to an aromatic ring is 1. The average Bonchev–Trinajstić information content (AvgIpc) is 2.88. The van der Waals surface area contributed by atoms with Crippen molar-refractivity contribution in [3.05, 3.63) is 42.2 Å². The molecule has 1 aromatic carbocycles. The molecule has 6 nitrogen and oxygen atoms in total. The molecular formula is C13H14N6. The molecule has 0 spiro atoms. The third-order valence-corrected chi connectivity index (χ3v) is 2.85. The van der Waals surface area contributed by atoms with Crippen LogP contribution >= 0.6 is 0 Å². The van der Waals surface area contributed by atoms with Gasteiger partial charge in [0.25, 0.3) is 0 Å². The van der Waals surface area contributed by atoms with Crippen LogP contribution in [-0.2, 0) is 6.42 Å². The quantitative estimate of drug-likeness (QED) is 0.657. The van der Waals surface area contributed by atoms with Crippen LogP contribution in [0.2, 0.25) is 0 Å². The molecule has 2 aromatic heterocycles. The summed E-state index contributed by atoms with van der Waals surface area (Å²) >= 11 is 0.